The highest BCUT2D eigenvalue weighted by Gasteiger charge is 2.26. The Morgan fingerprint density at radius 2 is 2.14 bits per heavy atom. The number of aryl methyl sites for hydroxylation is 1. The first-order valence-electron chi connectivity index (χ1n) is 7.19. The Balaban J connectivity index is 2.03. The molecule has 0 bridgehead atoms. The first-order chi connectivity index (χ1) is 10.1. The van der Waals surface area contributed by atoms with Crippen LogP contribution in [0.3, 0.4) is 0 Å². The molecular weight excluding hydrogens is 264 g/mol. The molecule has 5 heteroatoms. The van der Waals surface area contributed by atoms with Crippen molar-refractivity contribution in [3.8, 4) is 0 Å². The van der Waals surface area contributed by atoms with E-state index in [-0.39, 0.29) is 11.9 Å². The summed E-state index contributed by atoms with van der Waals surface area (Å²) in [6.45, 7) is 5.46. The first kappa shape index (κ1) is 13.8. The van der Waals surface area contributed by atoms with Gasteiger partial charge < -0.3 is 10.2 Å². The quantitative estimate of drug-likeness (QED) is 0.869. The van der Waals surface area contributed by atoms with Crippen LogP contribution in [0.25, 0.3) is 0 Å². The van der Waals surface area contributed by atoms with Crippen LogP contribution < -0.4 is 10.2 Å². The van der Waals surface area contributed by atoms with Gasteiger partial charge in [-0.3, -0.25) is 9.48 Å². The Kier molecular flexibility index (Phi) is 3.51. The molecule has 3 rings (SSSR count). The number of rotatable bonds is 1. The van der Waals surface area contributed by atoms with Crippen molar-refractivity contribution < 1.29 is 4.79 Å². The van der Waals surface area contributed by atoms with Gasteiger partial charge in [-0.15, -0.1) is 0 Å². The molecule has 21 heavy (non-hydrogen) atoms. The van der Waals surface area contributed by atoms with Crippen LogP contribution in [0.5, 0.6) is 0 Å². The molecule has 0 saturated carbocycles. The number of para-hydroxylation sites is 1. The lowest BCUT2D eigenvalue weighted by molar-refractivity contribution is 0.0984. The number of benzene rings is 1. The van der Waals surface area contributed by atoms with Crippen LogP contribution in [0, 0.1) is 6.92 Å². The second-order valence-electron chi connectivity index (χ2n) is 5.59. The molecule has 0 fully saturated rings. The number of amides is 1. The summed E-state index contributed by atoms with van der Waals surface area (Å²) in [6, 6.07) is 8.31. The fourth-order valence-corrected chi connectivity index (χ4v) is 2.69. The molecule has 1 aromatic heterocycles. The summed E-state index contributed by atoms with van der Waals surface area (Å²) in [5.74, 6) is 0.0172. The zero-order valence-electron chi connectivity index (χ0n) is 12.6. The predicted octanol–water partition coefficient (Wildman–Crippen LogP) is 1.87. The molecular formula is C16H20N4O. The molecule has 1 aliphatic heterocycles. The van der Waals surface area contributed by atoms with E-state index in [4.69, 9.17) is 0 Å². The van der Waals surface area contributed by atoms with Crippen molar-refractivity contribution in [1.29, 1.82) is 0 Å². The van der Waals surface area contributed by atoms with Crippen molar-refractivity contribution in [1.82, 2.24) is 15.1 Å². The topological polar surface area (TPSA) is 50.2 Å². The van der Waals surface area contributed by atoms with Crippen LogP contribution in [-0.4, -0.2) is 28.3 Å². The highest BCUT2D eigenvalue weighted by Crippen LogP contribution is 2.25. The van der Waals surface area contributed by atoms with Gasteiger partial charge >= 0.3 is 0 Å². The highest BCUT2D eigenvalue weighted by molar-refractivity contribution is 6.07. The van der Waals surface area contributed by atoms with Crippen molar-refractivity contribution in [2.45, 2.75) is 26.4 Å². The molecule has 0 saturated heterocycles. The van der Waals surface area contributed by atoms with Crippen LogP contribution in [0.4, 0.5) is 5.69 Å². The third-order valence-electron chi connectivity index (χ3n) is 4.09. The Hall–Kier alpha value is -2.14. The largest absolute Gasteiger partial charge is 0.308 e. The third kappa shape index (κ3) is 2.45. The minimum Gasteiger partial charge on any atom is -0.308 e. The number of nitrogens with one attached hydrogen (secondary N) is 1. The second-order valence-corrected chi connectivity index (χ2v) is 5.59. The molecule has 2 aromatic rings. The van der Waals surface area contributed by atoms with Gasteiger partial charge in [0.05, 0.1) is 11.8 Å². The summed E-state index contributed by atoms with van der Waals surface area (Å²) >= 11 is 0. The van der Waals surface area contributed by atoms with Gasteiger partial charge in [0.25, 0.3) is 5.91 Å². The van der Waals surface area contributed by atoms with Gasteiger partial charge in [0, 0.05) is 37.6 Å². The number of anilines is 1. The highest BCUT2D eigenvalue weighted by atomic mass is 16.2. The molecule has 1 amide bonds. The van der Waals surface area contributed by atoms with Gasteiger partial charge in [0.1, 0.15) is 0 Å². The van der Waals surface area contributed by atoms with Gasteiger partial charge in [-0.05, 0) is 25.5 Å². The molecule has 2 heterocycles. The number of fused-ring (bicyclic) bond motifs is 1. The monoisotopic (exact) mass is 284 g/mol. The minimum absolute atomic E-state index is 0.0172. The van der Waals surface area contributed by atoms with E-state index in [0.29, 0.717) is 12.1 Å². The Morgan fingerprint density at radius 1 is 1.38 bits per heavy atom. The summed E-state index contributed by atoms with van der Waals surface area (Å²) < 4.78 is 1.73. The van der Waals surface area contributed by atoms with Crippen molar-refractivity contribution in [2.75, 3.05) is 11.4 Å². The van der Waals surface area contributed by atoms with Crippen LogP contribution in [0.15, 0.2) is 30.5 Å². The molecule has 0 radical (unpaired) electrons. The van der Waals surface area contributed by atoms with Gasteiger partial charge in [-0.1, -0.05) is 18.2 Å². The Morgan fingerprint density at radius 3 is 2.86 bits per heavy atom. The summed E-state index contributed by atoms with van der Waals surface area (Å²) in [5.41, 5.74) is 3.70. The first-order valence-corrected chi connectivity index (χ1v) is 7.19. The van der Waals surface area contributed by atoms with E-state index in [1.807, 2.05) is 37.1 Å². The SMILES string of the molecule is Cc1c(C(=O)N2CC(C)NCc3ccccc32)cnn1C. The third-order valence-corrected chi connectivity index (χ3v) is 4.09. The van der Waals surface area contributed by atoms with Crippen LogP contribution >= 0.6 is 0 Å². The lowest BCUT2D eigenvalue weighted by Crippen LogP contribution is -2.39. The maximum Gasteiger partial charge on any atom is 0.261 e. The van der Waals surface area contributed by atoms with Crippen LogP contribution in [0.2, 0.25) is 0 Å². The van der Waals surface area contributed by atoms with E-state index < -0.39 is 0 Å². The molecule has 0 spiro atoms. The maximum atomic E-state index is 12.9. The summed E-state index contributed by atoms with van der Waals surface area (Å²) in [4.78, 5) is 14.8. The van der Waals surface area contributed by atoms with Gasteiger partial charge in [-0.25, -0.2) is 0 Å². The van der Waals surface area contributed by atoms with E-state index in [1.165, 1.54) is 0 Å². The Labute approximate surface area is 124 Å². The molecule has 1 unspecified atom stereocenters. The lowest BCUT2D eigenvalue weighted by Gasteiger charge is -2.24. The van der Waals surface area contributed by atoms with Crippen molar-refractivity contribution in [3.63, 3.8) is 0 Å². The van der Waals surface area contributed by atoms with Gasteiger partial charge in [0.15, 0.2) is 0 Å². The van der Waals surface area contributed by atoms with E-state index in [9.17, 15) is 4.79 Å². The fourth-order valence-electron chi connectivity index (χ4n) is 2.69. The average molecular weight is 284 g/mol. The molecule has 1 aromatic carbocycles. The maximum absolute atomic E-state index is 12.9. The average Bonchev–Trinajstić information content (AvgIpc) is 2.72. The smallest absolute Gasteiger partial charge is 0.261 e. The summed E-state index contributed by atoms with van der Waals surface area (Å²) in [6.07, 6.45) is 1.66. The molecule has 5 nitrogen and oxygen atoms in total. The van der Waals surface area contributed by atoms with Crippen LogP contribution in [-0.2, 0) is 13.6 Å². The predicted molar refractivity (Wildman–Crippen MR) is 82.4 cm³/mol. The number of carbonyl (C=O) groups is 1. The molecule has 1 N–H and O–H groups in total. The van der Waals surface area contributed by atoms with Gasteiger partial charge in [-0.2, -0.15) is 5.10 Å². The van der Waals surface area contributed by atoms with Crippen molar-refractivity contribution in [2.24, 2.45) is 7.05 Å². The second kappa shape index (κ2) is 5.33. The lowest BCUT2D eigenvalue weighted by atomic mass is 10.1. The number of hydrogen-bond acceptors (Lipinski definition) is 3. The van der Waals surface area contributed by atoms with Crippen molar-refractivity contribution in [3.05, 3.63) is 47.3 Å². The van der Waals surface area contributed by atoms with E-state index in [1.54, 1.807) is 10.9 Å². The molecule has 1 atom stereocenters. The fraction of sp³-hybridized carbons (Fsp3) is 0.375. The Bertz CT molecular complexity index is 677. The molecule has 1 aliphatic rings. The molecule has 110 valence electrons. The molecule has 0 aliphatic carbocycles. The number of aromatic nitrogens is 2. The number of nitrogens with zero attached hydrogens (tertiary/aromatic N) is 3. The summed E-state index contributed by atoms with van der Waals surface area (Å²) in [7, 11) is 1.85. The van der Waals surface area contributed by atoms with Crippen LogP contribution in [0.1, 0.15) is 28.5 Å². The minimum atomic E-state index is 0.0172. The van der Waals surface area contributed by atoms with E-state index in [0.717, 1.165) is 23.5 Å². The number of carbonyl (C=O) groups excluding carboxylic acids is 1. The summed E-state index contributed by atoms with van der Waals surface area (Å²) in [5, 5.41) is 7.63. The normalized spacial score (nSPS) is 18.2. The number of hydrogen-bond donors (Lipinski definition) is 1. The van der Waals surface area contributed by atoms with E-state index >= 15 is 0 Å². The zero-order valence-corrected chi connectivity index (χ0v) is 12.6. The van der Waals surface area contributed by atoms with Gasteiger partial charge in [0.2, 0.25) is 0 Å². The van der Waals surface area contributed by atoms with E-state index in [2.05, 4.69) is 23.4 Å². The standard InChI is InChI=1S/C16H20N4O/c1-11-10-20(15-7-5-4-6-13(15)8-17-11)16(21)14-9-18-19(3)12(14)2/h4-7,9,11,17H,8,10H2,1-3H3. The van der Waals surface area contributed by atoms with Crippen molar-refractivity contribution >= 4 is 11.6 Å². The zero-order chi connectivity index (χ0) is 15.0.